The Morgan fingerprint density at radius 3 is 2.27 bits per heavy atom. The minimum atomic E-state index is -3.68. The van der Waals surface area contributed by atoms with E-state index >= 15 is 0 Å². The number of hydrogen-bond acceptors (Lipinski definition) is 3. The molecule has 0 saturated carbocycles. The van der Waals surface area contributed by atoms with E-state index in [4.69, 9.17) is 11.6 Å². The van der Waals surface area contributed by atoms with Gasteiger partial charge in [0, 0.05) is 24.2 Å². The number of nitrogens with zero attached hydrogens (tertiary/aromatic N) is 1. The minimum absolute atomic E-state index is 0.00217. The number of nitrogens with one attached hydrogen (secondary N) is 1. The second-order valence-corrected chi connectivity index (χ2v) is 11.1. The van der Waals surface area contributed by atoms with Gasteiger partial charge in [0.15, 0.2) is 0 Å². The predicted molar refractivity (Wildman–Crippen MR) is 105 cm³/mol. The molecule has 1 fully saturated rings. The van der Waals surface area contributed by atoms with Crippen molar-refractivity contribution in [2.75, 3.05) is 13.1 Å². The molecule has 1 heterocycles. The third-order valence-corrected chi connectivity index (χ3v) is 6.68. The van der Waals surface area contributed by atoms with Crippen LogP contribution >= 0.6 is 11.6 Å². The summed E-state index contributed by atoms with van der Waals surface area (Å²) in [6.45, 7) is 11.3. The van der Waals surface area contributed by atoms with E-state index in [1.807, 2.05) is 13.8 Å². The lowest BCUT2D eigenvalue weighted by Crippen LogP contribution is -2.45. The quantitative estimate of drug-likeness (QED) is 0.810. The summed E-state index contributed by atoms with van der Waals surface area (Å²) in [6.07, 6.45) is 2.48. The van der Waals surface area contributed by atoms with E-state index in [0.717, 1.165) is 19.3 Å². The average molecular weight is 401 g/mol. The first-order valence-corrected chi connectivity index (χ1v) is 10.8. The number of carbonyl (C=O) groups excluding carboxylic acids is 1. The lowest BCUT2D eigenvalue weighted by molar-refractivity contribution is 0.0891. The van der Waals surface area contributed by atoms with Crippen LogP contribution in [0.15, 0.2) is 23.1 Å². The Morgan fingerprint density at radius 2 is 1.73 bits per heavy atom. The Hall–Kier alpha value is -1.11. The first-order valence-electron chi connectivity index (χ1n) is 8.94. The Labute approximate surface area is 162 Å². The van der Waals surface area contributed by atoms with Crippen molar-refractivity contribution in [2.45, 2.75) is 64.3 Å². The lowest BCUT2D eigenvalue weighted by Gasteiger charge is -2.33. The van der Waals surface area contributed by atoms with Crippen molar-refractivity contribution >= 4 is 27.5 Å². The van der Waals surface area contributed by atoms with E-state index in [1.165, 1.54) is 16.4 Å². The maximum absolute atomic E-state index is 12.8. The molecule has 0 spiro atoms. The van der Waals surface area contributed by atoms with Crippen LogP contribution in [-0.4, -0.2) is 37.3 Å². The number of carbonyl (C=O) groups is 1. The molecule has 2 rings (SSSR count). The summed E-state index contributed by atoms with van der Waals surface area (Å²) in [5, 5.41) is 3.15. The molecule has 0 aromatic heterocycles. The largest absolute Gasteiger partial charge is 0.347 e. The average Bonchev–Trinajstić information content (AvgIpc) is 2.98. The summed E-state index contributed by atoms with van der Waals surface area (Å²) in [5.74, 6) is -0.297. The molecule has 0 atom stereocenters. The van der Waals surface area contributed by atoms with Crippen LogP contribution in [0.1, 0.15) is 64.2 Å². The van der Waals surface area contributed by atoms with Gasteiger partial charge in [0.05, 0.1) is 5.02 Å². The van der Waals surface area contributed by atoms with Crippen LogP contribution in [0.3, 0.4) is 0 Å². The predicted octanol–water partition coefficient (Wildman–Crippen LogP) is 4.07. The van der Waals surface area contributed by atoms with Gasteiger partial charge in [-0.1, -0.05) is 32.4 Å². The third-order valence-electron chi connectivity index (χ3n) is 4.30. The molecule has 7 heteroatoms. The van der Waals surface area contributed by atoms with Crippen LogP contribution in [0.25, 0.3) is 0 Å². The lowest BCUT2D eigenvalue weighted by atomic mass is 9.81. The topological polar surface area (TPSA) is 66.5 Å². The zero-order valence-electron chi connectivity index (χ0n) is 16.2. The maximum Gasteiger partial charge on any atom is 0.251 e. The third kappa shape index (κ3) is 5.21. The van der Waals surface area contributed by atoms with Crippen LogP contribution in [0.4, 0.5) is 0 Å². The molecule has 5 nitrogen and oxygen atoms in total. The number of halogens is 1. The molecule has 1 aliphatic heterocycles. The first-order chi connectivity index (χ1) is 11.8. The van der Waals surface area contributed by atoms with Crippen LogP contribution in [0.5, 0.6) is 0 Å². The molecule has 1 N–H and O–H groups in total. The molecule has 0 radical (unpaired) electrons. The Morgan fingerprint density at radius 1 is 1.15 bits per heavy atom. The molecule has 0 unspecified atom stereocenters. The van der Waals surface area contributed by atoms with E-state index in [0.29, 0.717) is 18.7 Å². The first kappa shape index (κ1) is 21.2. The molecular weight excluding hydrogens is 372 g/mol. The summed E-state index contributed by atoms with van der Waals surface area (Å²) >= 11 is 6.15. The van der Waals surface area contributed by atoms with Crippen LogP contribution < -0.4 is 5.32 Å². The minimum Gasteiger partial charge on any atom is -0.347 e. The van der Waals surface area contributed by atoms with Crippen LogP contribution in [0, 0.1) is 5.41 Å². The van der Waals surface area contributed by atoms with Crippen molar-refractivity contribution in [2.24, 2.45) is 5.41 Å². The standard InChI is InChI=1S/C19H29ClN2O3S/c1-18(2,3)13-19(4,5)21-17(23)14-8-9-15(20)16(12-14)26(24,25)22-10-6-7-11-22/h8-9,12H,6-7,10-11,13H2,1-5H3,(H,21,23). The van der Waals surface area contributed by atoms with Gasteiger partial charge in [-0.2, -0.15) is 4.31 Å². The number of amides is 1. The van der Waals surface area contributed by atoms with E-state index in [-0.39, 0.29) is 21.2 Å². The number of sulfonamides is 1. The summed E-state index contributed by atoms with van der Waals surface area (Å²) in [5.41, 5.74) is -0.0570. The van der Waals surface area contributed by atoms with Gasteiger partial charge < -0.3 is 5.32 Å². The van der Waals surface area contributed by atoms with Crippen molar-refractivity contribution in [3.05, 3.63) is 28.8 Å². The molecular formula is C19H29ClN2O3S. The van der Waals surface area contributed by atoms with Crippen molar-refractivity contribution < 1.29 is 13.2 Å². The smallest absolute Gasteiger partial charge is 0.251 e. The second kappa shape index (κ2) is 7.49. The molecule has 146 valence electrons. The van der Waals surface area contributed by atoms with E-state index < -0.39 is 15.6 Å². The molecule has 0 aliphatic carbocycles. The summed E-state index contributed by atoms with van der Waals surface area (Å²) in [4.78, 5) is 12.7. The number of rotatable bonds is 5. The van der Waals surface area contributed by atoms with E-state index in [1.54, 1.807) is 6.07 Å². The van der Waals surface area contributed by atoms with E-state index in [2.05, 4.69) is 26.1 Å². The molecule has 0 bridgehead atoms. The van der Waals surface area contributed by atoms with Gasteiger partial charge in [0.25, 0.3) is 5.91 Å². The van der Waals surface area contributed by atoms with Crippen LogP contribution in [0.2, 0.25) is 5.02 Å². The number of hydrogen-bond donors (Lipinski definition) is 1. The highest BCUT2D eigenvalue weighted by Gasteiger charge is 2.31. The highest BCUT2D eigenvalue weighted by Crippen LogP contribution is 2.29. The summed E-state index contributed by atoms with van der Waals surface area (Å²) in [6, 6.07) is 4.43. The van der Waals surface area contributed by atoms with Crippen LogP contribution in [-0.2, 0) is 10.0 Å². The van der Waals surface area contributed by atoms with E-state index in [9.17, 15) is 13.2 Å². The molecule has 1 aliphatic rings. The normalized spacial score (nSPS) is 16.7. The van der Waals surface area contributed by atoms with Gasteiger partial charge >= 0.3 is 0 Å². The van der Waals surface area contributed by atoms with Gasteiger partial charge in [-0.05, 0) is 56.7 Å². The van der Waals surface area contributed by atoms with Gasteiger partial charge in [-0.25, -0.2) is 8.42 Å². The summed E-state index contributed by atoms with van der Waals surface area (Å²) in [7, 11) is -3.68. The monoisotopic (exact) mass is 400 g/mol. The SMILES string of the molecule is CC(C)(C)CC(C)(C)NC(=O)c1ccc(Cl)c(S(=O)(=O)N2CCCC2)c1. The number of benzene rings is 1. The molecule has 1 aromatic rings. The van der Waals surface area contributed by atoms with Crippen molar-refractivity contribution in [3.8, 4) is 0 Å². The zero-order valence-corrected chi connectivity index (χ0v) is 17.8. The fraction of sp³-hybridized carbons (Fsp3) is 0.632. The Kier molecular flexibility index (Phi) is 6.10. The Balaban J connectivity index is 2.27. The fourth-order valence-electron chi connectivity index (χ4n) is 3.66. The Bertz CT molecular complexity index is 776. The summed E-state index contributed by atoms with van der Waals surface area (Å²) < 4.78 is 27.1. The van der Waals surface area contributed by atoms with Gasteiger partial charge in [-0.15, -0.1) is 0 Å². The molecule has 1 amide bonds. The zero-order chi connectivity index (χ0) is 19.8. The van der Waals surface area contributed by atoms with Gasteiger partial charge in [-0.3, -0.25) is 4.79 Å². The maximum atomic E-state index is 12.8. The fourth-order valence-corrected chi connectivity index (χ4v) is 5.68. The highest BCUT2D eigenvalue weighted by atomic mass is 35.5. The van der Waals surface area contributed by atoms with Crippen molar-refractivity contribution in [1.29, 1.82) is 0 Å². The molecule has 1 aromatic carbocycles. The molecule has 26 heavy (non-hydrogen) atoms. The molecule has 1 saturated heterocycles. The van der Waals surface area contributed by atoms with Gasteiger partial charge in [0.2, 0.25) is 10.0 Å². The van der Waals surface area contributed by atoms with Gasteiger partial charge in [0.1, 0.15) is 4.90 Å². The second-order valence-electron chi connectivity index (χ2n) is 8.83. The highest BCUT2D eigenvalue weighted by molar-refractivity contribution is 7.89. The van der Waals surface area contributed by atoms with Crippen molar-refractivity contribution in [3.63, 3.8) is 0 Å². The van der Waals surface area contributed by atoms with Crippen molar-refractivity contribution in [1.82, 2.24) is 9.62 Å².